The lowest BCUT2D eigenvalue weighted by atomic mass is 9.70. The lowest BCUT2D eigenvalue weighted by Crippen LogP contribution is -2.55. The van der Waals surface area contributed by atoms with E-state index in [0.717, 1.165) is 55.6 Å². The van der Waals surface area contributed by atoms with Gasteiger partial charge in [-0.1, -0.05) is 61.3 Å². The molecule has 3 aliphatic rings. The minimum atomic E-state index is -1.23. The van der Waals surface area contributed by atoms with Gasteiger partial charge in [0.2, 0.25) is 5.91 Å². The van der Waals surface area contributed by atoms with Crippen molar-refractivity contribution in [2.24, 2.45) is 5.92 Å². The first-order chi connectivity index (χ1) is 21.6. The average molecular weight is 657 g/mol. The van der Waals surface area contributed by atoms with Gasteiger partial charge in [0.1, 0.15) is 17.7 Å². The lowest BCUT2D eigenvalue weighted by Gasteiger charge is -2.46. The molecule has 6 rings (SSSR count). The molecule has 242 valence electrons. The highest BCUT2D eigenvalue weighted by Gasteiger charge is 2.45. The number of aryl methyl sites for hydroxylation is 1. The number of fused-ring (bicyclic) bond motifs is 3. The maximum Gasteiger partial charge on any atom is 0.253 e. The number of halogens is 3. The van der Waals surface area contributed by atoms with Gasteiger partial charge in [-0.2, -0.15) is 0 Å². The summed E-state index contributed by atoms with van der Waals surface area (Å²) in [6, 6.07) is 16.3. The molecule has 3 aliphatic heterocycles. The van der Waals surface area contributed by atoms with Gasteiger partial charge in [-0.3, -0.25) is 14.5 Å². The highest BCUT2D eigenvalue weighted by molar-refractivity contribution is 6.53. The van der Waals surface area contributed by atoms with E-state index in [4.69, 9.17) is 28.2 Å². The first kappa shape index (κ1) is 32.3. The molecule has 3 aromatic rings. The van der Waals surface area contributed by atoms with Crippen LogP contribution < -0.4 is 5.32 Å². The molecule has 3 saturated heterocycles. The summed E-state index contributed by atoms with van der Waals surface area (Å²) in [5, 5.41) is 2.73. The summed E-state index contributed by atoms with van der Waals surface area (Å²) in [5.41, 5.74) is 3.07. The summed E-state index contributed by atoms with van der Waals surface area (Å²) in [6.45, 7) is 7.96. The zero-order valence-electron chi connectivity index (χ0n) is 26.4. The Morgan fingerprint density at radius 3 is 2.36 bits per heavy atom. The zero-order valence-corrected chi connectivity index (χ0v) is 27.9. The molecule has 1 N–H and O–H groups in total. The average Bonchev–Trinajstić information content (AvgIpc) is 3.48. The van der Waals surface area contributed by atoms with Crippen molar-refractivity contribution in [3.63, 3.8) is 0 Å². The molecule has 4 heterocycles. The van der Waals surface area contributed by atoms with Gasteiger partial charge < -0.3 is 14.8 Å². The third-order valence-corrected chi connectivity index (χ3v) is 11.1. The van der Waals surface area contributed by atoms with E-state index >= 15 is 0 Å². The van der Waals surface area contributed by atoms with E-state index in [-0.39, 0.29) is 23.1 Å². The van der Waals surface area contributed by atoms with Crippen molar-refractivity contribution >= 4 is 46.0 Å². The van der Waals surface area contributed by atoms with Crippen molar-refractivity contribution in [1.82, 2.24) is 24.7 Å². The van der Waals surface area contributed by atoms with Crippen molar-refractivity contribution in [3.05, 3.63) is 65.7 Å². The molecule has 0 saturated carbocycles. The largest absolute Gasteiger partial charge is 0.342 e. The topological polar surface area (TPSA) is 70.5 Å². The summed E-state index contributed by atoms with van der Waals surface area (Å²) in [4.78, 5) is 34.0. The number of para-hydroxylation sites is 2. The number of alkyl halides is 2. The summed E-state index contributed by atoms with van der Waals surface area (Å²) in [6.07, 6.45) is 7.02. The fraction of sp³-hybridized carbons (Fsp3) is 0.571. The van der Waals surface area contributed by atoms with Crippen LogP contribution in [0.15, 0.2) is 48.5 Å². The second-order valence-electron chi connectivity index (χ2n) is 13.7. The molecule has 2 unspecified atom stereocenters. The molecule has 0 aliphatic carbocycles. The normalized spacial score (nSPS) is 24.0. The molecule has 2 aromatic carbocycles. The molecule has 1 aromatic heterocycles. The fourth-order valence-electron chi connectivity index (χ4n) is 8.37. The number of piperidine rings is 2. The highest BCUT2D eigenvalue weighted by Crippen LogP contribution is 2.45. The smallest absolute Gasteiger partial charge is 0.253 e. The van der Waals surface area contributed by atoms with Crippen LogP contribution in [0.1, 0.15) is 76.2 Å². The number of hydrogen-bond acceptors (Lipinski definition) is 4. The first-order valence-corrected chi connectivity index (χ1v) is 17.3. The Bertz CT molecular complexity index is 1520. The van der Waals surface area contributed by atoms with Crippen molar-refractivity contribution in [2.45, 2.75) is 100 Å². The molecule has 10 heteroatoms. The number of aromatic nitrogens is 2. The van der Waals surface area contributed by atoms with Crippen LogP contribution in [0.5, 0.6) is 0 Å². The van der Waals surface area contributed by atoms with Crippen LogP contribution >= 0.6 is 23.2 Å². The van der Waals surface area contributed by atoms with Crippen LogP contribution in [-0.2, 0) is 15.0 Å². The molecule has 0 spiro atoms. The van der Waals surface area contributed by atoms with E-state index in [1.807, 2.05) is 24.8 Å². The SMILES string of the molecule is Cc1nc2ccccc2n1C1CC2CCC(C1)N2CCC1(c2cccc(F)c2)CCN(C(=O)[C@@H](NC(=O)C(Cl)Cl)C(C)C)CC1. The second kappa shape index (κ2) is 13.2. The number of amides is 2. The van der Waals surface area contributed by atoms with Gasteiger partial charge >= 0.3 is 0 Å². The Kier molecular flexibility index (Phi) is 9.47. The third kappa shape index (κ3) is 6.48. The number of carbonyl (C=O) groups excluding carboxylic acids is 2. The van der Waals surface area contributed by atoms with Gasteiger partial charge in [0.05, 0.1) is 11.0 Å². The molecule has 2 bridgehead atoms. The first-order valence-electron chi connectivity index (χ1n) is 16.4. The van der Waals surface area contributed by atoms with Gasteiger partial charge in [-0.05, 0) is 99.6 Å². The quantitative estimate of drug-likeness (QED) is 0.266. The van der Waals surface area contributed by atoms with Crippen molar-refractivity contribution in [1.29, 1.82) is 0 Å². The van der Waals surface area contributed by atoms with Crippen molar-refractivity contribution in [2.75, 3.05) is 19.6 Å². The van der Waals surface area contributed by atoms with Crippen LogP contribution in [0, 0.1) is 18.7 Å². The number of benzene rings is 2. The van der Waals surface area contributed by atoms with E-state index in [9.17, 15) is 14.0 Å². The Morgan fingerprint density at radius 2 is 1.71 bits per heavy atom. The number of imidazole rings is 1. The van der Waals surface area contributed by atoms with E-state index < -0.39 is 16.8 Å². The number of nitrogens with zero attached hydrogens (tertiary/aromatic N) is 4. The molecule has 3 fully saturated rings. The molecule has 2 amide bonds. The number of nitrogens with one attached hydrogen (secondary N) is 1. The van der Waals surface area contributed by atoms with E-state index in [1.165, 1.54) is 24.4 Å². The van der Waals surface area contributed by atoms with E-state index in [1.54, 1.807) is 12.1 Å². The van der Waals surface area contributed by atoms with Crippen molar-refractivity contribution in [3.8, 4) is 0 Å². The number of likely N-dealkylation sites (tertiary alicyclic amines) is 1. The highest BCUT2D eigenvalue weighted by atomic mass is 35.5. The molecule has 3 atom stereocenters. The molecule has 45 heavy (non-hydrogen) atoms. The minimum Gasteiger partial charge on any atom is -0.342 e. The maximum atomic E-state index is 14.6. The summed E-state index contributed by atoms with van der Waals surface area (Å²) in [7, 11) is 0. The Hall–Kier alpha value is -2.68. The third-order valence-electron chi connectivity index (χ3n) is 10.7. The van der Waals surface area contributed by atoms with Crippen LogP contribution in [0.3, 0.4) is 0 Å². The maximum absolute atomic E-state index is 14.6. The van der Waals surface area contributed by atoms with Gasteiger partial charge in [0.25, 0.3) is 5.91 Å². The lowest BCUT2D eigenvalue weighted by molar-refractivity contribution is -0.138. The molecular weight excluding hydrogens is 612 g/mol. The fourth-order valence-corrected chi connectivity index (χ4v) is 8.50. The Balaban J connectivity index is 1.16. The Morgan fingerprint density at radius 1 is 1.02 bits per heavy atom. The number of hydrogen-bond donors (Lipinski definition) is 1. The minimum absolute atomic E-state index is 0.120. The predicted octanol–water partition coefficient (Wildman–Crippen LogP) is 6.55. The Labute approximate surface area is 275 Å². The van der Waals surface area contributed by atoms with Crippen LogP contribution in [0.4, 0.5) is 4.39 Å². The van der Waals surface area contributed by atoms with Gasteiger partial charge in [0.15, 0.2) is 4.84 Å². The van der Waals surface area contributed by atoms with Crippen LogP contribution in [0.2, 0.25) is 0 Å². The molecule has 0 radical (unpaired) electrons. The summed E-state index contributed by atoms with van der Waals surface area (Å²) < 4.78 is 17.0. The van der Waals surface area contributed by atoms with E-state index in [0.29, 0.717) is 31.2 Å². The van der Waals surface area contributed by atoms with Crippen molar-refractivity contribution < 1.29 is 14.0 Å². The zero-order chi connectivity index (χ0) is 31.9. The summed E-state index contributed by atoms with van der Waals surface area (Å²) >= 11 is 11.5. The predicted molar refractivity (Wildman–Crippen MR) is 177 cm³/mol. The van der Waals surface area contributed by atoms with Gasteiger partial charge in [-0.15, -0.1) is 0 Å². The molecular formula is C35H44Cl2FN5O2. The van der Waals surface area contributed by atoms with Gasteiger partial charge in [-0.25, -0.2) is 9.37 Å². The monoisotopic (exact) mass is 655 g/mol. The van der Waals surface area contributed by atoms with Gasteiger partial charge in [0, 0.05) is 31.2 Å². The van der Waals surface area contributed by atoms with Crippen LogP contribution in [-0.4, -0.2) is 73.8 Å². The number of carbonyl (C=O) groups is 2. The molecule has 7 nitrogen and oxygen atoms in total. The standard InChI is InChI=1S/C35H44Cl2FN5O2/c1-22(2)31(40-33(44)32(36)37)34(45)41-16-13-35(14-17-41,24-7-6-8-25(38)19-24)15-18-42-26-11-12-27(42)21-28(20-26)43-23(3)39-29-9-4-5-10-30(29)43/h4-10,19,22,26-28,31-32H,11-18,20-21H2,1-3H3,(H,40,44)/t26?,27?,28?,31-/m0/s1. The second-order valence-corrected chi connectivity index (χ2v) is 14.8. The van der Waals surface area contributed by atoms with Crippen LogP contribution in [0.25, 0.3) is 11.0 Å². The van der Waals surface area contributed by atoms with E-state index in [2.05, 4.69) is 46.0 Å². The summed E-state index contributed by atoms with van der Waals surface area (Å²) in [5.74, 6) is 0.0538. The number of rotatable bonds is 9.